The fourth-order valence-corrected chi connectivity index (χ4v) is 3.92. The second-order valence-electron chi connectivity index (χ2n) is 5.24. The monoisotopic (exact) mass is 313 g/mol. The van der Waals surface area contributed by atoms with Gasteiger partial charge < -0.3 is 14.7 Å². The van der Waals surface area contributed by atoms with Crippen molar-refractivity contribution < 1.29 is 24.1 Å². The number of ether oxygens (including phenoxy) is 1. The van der Waals surface area contributed by atoms with E-state index in [1.54, 1.807) is 24.3 Å². The smallest absolute Gasteiger partial charge is 0.321 e. The van der Waals surface area contributed by atoms with Gasteiger partial charge in [-0.15, -0.1) is 0 Å². The number of aliphatic carboxylic acids is 1. The van der Waals surface area contributed by atoms with Crippen LogP contribution >= 0.6 is 7.52 Å². The van der Waals surface area contributed by atoms with Gasteiger partial charge in [0.1, 0.15) is 6.04 Å². The molecule has 3 unspecified atom stereocenters. The summed E-state index contributed by atoms with van der Waals surface area (Å²) in [6, 6.07) is 7.76. The highest BCUT2D eigenvalue weighted by molar-refractivity contribution is 7.55. The summed E-state index contributed by atoms with van der Waals surface area (Å²) in [7, 11) is -3.77. The van der Waals surface area contributed by atoms with Crippen LogP contribution in [0.4, 0.5) is 0 Å². The summed E-state index contributed by atoms with van der Waals surface area (Å²) in [5.41, 5.74) is 0.692. The number of rotatable bonds is 7. The molecule has 0 bridgehead atoms. The zero-order valence-electron chi connectivity index (χ0n) is 11.6. The quantitative estimate of drug-likeness (QED) is 0.666. The molecule has 7 heteroatoms. The Morgan fingerprint density at radius 1 is 1.43 bits per heavy atom. The van der Waals surface area contributed by atoms with Crippen molar-refractivity contribution in [3.8, 4) is 0 Å². The first-order chi connectivity index (χ1) is 9.96. The second-order valence-corrected chi connectivity index (χ2v) is 7.21. The number of carbonyl (C=O) groups is 1. The molecular formula is C14H20NO5P. The molecule has 1 saturated heterocycles. The minimum absolute atomic E-state index is 0.0941. The lowest BCUT2D eigenvalue weighted by molar-refractivity contribution is -0.139. The maximum atomic E-state index is 12.2. The summed E-state index contributed by atoms with van der Waals surface area (Å²) in [6.45, 7) is 0.623. The van der Waals surface area contributed by atoms with Crippen LogP contribution in [-0.2, 0) is 20.3 Å². The van der Waals surface area contributed by atoms with Gasteiger partial charge in [0, 0.05) is 6.61 Å². The molecule has 1 aromatic carbocycles. The van der Waals surface area contributed by atoms with Crippen molar-refractivity contribution in [1.29, 1.82) is 0 Å². The van der Waals surface area contributed by atoms with Gasteiger partial charge in [-0.05, 0) is 24.8 Å². The highest BCUT2D eigenvalue weighted by Crippen LogP contribution is 2.41. The molecule has 1 heterocycles. The summed E-state index contributed by atoms with van der Waals surface area (Å²) in [6.07, 6.45) is 1.64. The molecule has 0 aromatic heterocycles. The number of hydrogen-bond donors (Lipinski definition) is 3. The van der Waals surface area contributed by atoms with Crippen LogP contribution in [-0.4, -0.2) is 34.7 Å². The molecule has 0 saturated carbocycles. The highest BCUT2D eigenvalue weighted by Gasteiger charge is 2.31. The van der Waals surface area contributed by atoms with Crippen molar-refractivity contribution in [2.45, 2.75) is 37.6 Å². The number of hydrogen-bond acceptors (Lipinski definition) is 3. The Kier molecular flexibility index (Phi) is 5.53. The SMILES string of the molecule is O=C(O)C(CC1CCCO1)NP(=O)(O)Cc1ccccc1. The van der Waals surface area contributed by atoms with Gasteiger partial charge in [-0.2, -0.15) is 0 Å². The van der Waals surface area contributed by atoms with E-state index in [-0.39, 0.29) is 18.7 Å². The minimum atomic E-state index is -3.77. The lowest BCUT2D eigenvalue weighted by atomic mass is 10.1. The molecular weight excluding hydrogens is 293 g/mol. The number of carboxylic acids is 1. The van der Waals surface area contributed by atoms with E-state index in [2.05, 4.69) is 5.09 Å². The van der Waals surface area contributed by atoms with Crippen LogP contribution in [0.2, 0.25) is 0 Å². The molecule has 1 aliphatic rings. The molecule has 0 aliphatic carbocycles. The Bertz CT molecular complexity index is 515. The Labute approximate surface area is 123 Å². The first-order valence-corrected chi connectivity index (χ1v) is 8.79. The minimum Gasteiger partial charge on any atom is -0.480 e. The van der Waals surface area contributed by atoms with Gasteiger partial charge in [-0.3, -0.25) is 9.36 Å². The molecule has 116 valence electrons. The van der Waals surface area contributed by atoms with Gasteiger partial charge in [-0.25, -0.2) is 5.09 Å². The summed E-state index contributed by atoms with van der Waals surface area (Å²) in [5.74, 6) is -1.13. The number of benzene rings is 1. The van der Waals surface area contributed by atoms with E-state index < -0.39 is 19.5 Å². The summed E-state index contributed by atoms with van der Waals surface area (Å²) in [4.78, 5) is 21.3. The summed E-state index contributed by atoms with van der Waals surface area (Å²) < 4.78 is 17.6. The predicted molar refractivity (Wildman–Crippen MR) is 78.1 cm³/mol. The van der Waals surface area contributed by atoms with E-state index in [1.165, 1.54) is 0 Å². The number of nitrogens with one attached hydrogen (secondary N) is 1. The van der Waals surface area contributed by atoms with Crippen LogP contribution in [0.25, 0.3) is 0 Å². The third-order valence-electron chi connectivity index (χ3n) is 3.42. The molecule has 0 amide bonds. The van der Waals surface area contributed by atoms with Crippen LogP contribution < -0.4 is 5.09 Å². The molecule has 3 atom stereocenters. The Morgan fingerprint density at radius 2 is 2.14 bits per heavy atom. The zero-order chi connectivity index (χ0) is 15.3. The Morgan fingerprint density at radius 3 is 2.71 bits per heavy atom. The van der Waals surface area contributed by atoms with Crippen LogP contribution in [0.15, 0.2) is 30.3 Å². The molecule has 0 radical (unpaired) electrons. The maximum Gasteiger partial charge on any atom is 0.321 e. The largest absolute Gasteiger partial charge is 0.480 e. The molecule has 2 rings (SSSR count). The topological polar surface area (TPSA) is 95.9 Å². The lowest BCUT2D eigenvalue weighted by Gasteiger charge is -2.21. The molecule has 0 spiro atoms. The average molecular weight is 313 g/mol. The van der Waals surface area contributed by atoms with E-state index in [4.69, 9.17) is 4.74 Å². The third-order valence-corrected chi connectivity index (χ3v) is 4.93. The Balaban J connectivity index is 1.97. The van der Waals surface area contributed by atoms with Crippen molar-refractivity contribution in [1.82, 2.24) is 5.09 Å². The first kappa shape index (κ1) is 16.2. The van der Waals surface area contributed by atoms with Crippen LogP contribution in [0.3, 0.4) is 0 Å². The van der Waals surface area contributed by atoms with Gasteiger partial charge >= 0.3 is 5.97 Å². The van der Waals surface area contributed by atoms with E-state index in [1.807, 2.05) is 6.07 Å². The average Bonchev–Trinajstić information content (AvgIpc) is 2.91. The van der Waals surface area contributed by atoms with Crippen LogP contribution in [0.5, 0.6) is 0 Å². The highest BCUT2D eigenvalue weighted by atomic mass is 31.2. The van der Waals surface area contributed by atoms with Crippen molar-refractivity contribution in [2.24, 2.45) is 0 Å². The molecule has 1 fully saturated rings. The van der Waals surface area contributed by atoms with E-state index in [9.17, 15) is 19.4 Å². The van der Waals surface area contributed by atoms with Crippen molar-refractivity contribution >= 4 is 13.5 Å². The Hall–Kier alpha value is -1.20. The van der Waals surface area contributed by atoms with Crippen molar-refractivity contribution in [3.63, 3.8) is 0 Å². The lowest BCUT2D eigenvalue weighted by Crippen LogP contribution is -2.37. The second kappa shape index (κ2) is 7.18. The summed E-state index contributed by atoms with van der Waals surface area (Å²) >= 11 is 0. The van der Waals surface area contributed by atoms with E-state index in [0.29, 0.717) is 12.2 Å². The fraction of sp³-hybridized carbons (Fsp3) is 0.500. The first-order valence-electron chi connectivity index (χ1n) is 6.94. The normalized spacial score (nSPS) is 22.6. The van der Waals surface area contributed by atoms with Gasteiger partial charge in [-0.1, -0.05) is 30.3 Å². The molecule has 1 aliphatic heterocycles. The number of carboxylic acid groups (broad SMARTS) is 1. The third kappa shape index (κ3) is 5.25. The standard InChI is InChI=1S/C14H20NO5P/c16-14(17)13(9-12-7-4-8-20-12)15-21(18,19)10-11-5-2-1-3-6-11/h1-3,5-6,12-13H,4,7-10H2,(H,16,17)(H2,15,18,19). The van der Waals surface area contributed by atoms with Gasteiger partial charge in [0.05, 0.1) is 12.3 Å². The van der Waals surface area contributed by atoms with Crippen molar-refractivity contribution in [2.75, 3.05) is 6.61 Å². The maximum absolute atomic E-state index is 12.2. The van der Waals surface area contributed by atoms with Crippen LogP contribution in [0, 0.1) is 0 Å². The van der Waals surface area contributed by atoms with Gasteiger partial charge in [0.2, 0.25) is 0 Å². The van der Waals surface area contributed by atoms with Crippen LogP contribution in [0.1, 0.15) is 24.8 Å². The molecule has 3 N–H and O–H groups in total. The molecule has 1 aromatic rings. The zero-order valence-corrected chi connectivity index (χ0v) is 12.5. The molecule has 21 heavy (non-hydrogen) atoms. The fourth-order valence-electron chi connectivity index (χ4n) is 2.42. The summed E-state index contributed by atoms with van der Waals surface area (Å²) in [5, 5.41) is 11.6. The van der Waals surface area contributed by atoms with E-state index >= 15 is 0 Å². The molecule has 6 nitrogen and oxygen atoms in total. The van der Waals surface area contributed by atoms with E-state index in [0.717, 1.165) is 12.8 Å². The van der Waals surface area contributed by atoms with Gasteiger partial charge in [0.15, 0.2) is 0 Å². The van der Waals surface area contributed by atoms with Crippen molar-refractivity contribution in [3.05, 3.63) is 35.9 Å². The van der Waals surface area contributed by atoms with Gasteiger partial charge in [0.25, 0.3) is 7.52 Å². The predicted octanol–water partition coefficient (Wildman–Crippen LogP) is 1.98.